The van der Waals surface area contributed by atoms with Crippen LogP contribution in [0.4, 0.5) is 4.39 Å². The molecule has 0 spiro atoms. The van der Waals surface area contributed by atoms with Crippen molar-refractivity contribution in [2.75, 3.05) is 25.4 Å². The van der Waals surface area contributed by atoms with Crippen molar-refractivity contribution < 1.29 is 9.18 Å². The first-order valence-corrected chi connectivity index (χ1v) is 11.5. The summed E-state index contributed by atoms with van der Waals surface area (Å²) in [6.07, 6.45) is 0.868. The number of likely N-dealkylation sites (N-methyl/N-ethyl adjacent to an activating group) is 1. The summed E-state index contributed by atoms with van der Waals surface area (Å²) in [7, 11) is 0. The zero-order valence-electron chi connectivity index (χ0n) is 17.2. The van der Waals surface area contributed by atoms with Crippen LogP contribution in [-0.4, -0.2) is 41.2 Å². The Morgan fingerprint density at radius 2 is 2.00 bits per heavy atom. The van der Waals surface area contributed by atoms with E-state index in [1.165, 1.54) is 6.07 Å². The van der Waals surface area contributed by atoms with E-state index >= 15 is 0 Å². The molecule has 0 radical (unpaired) electrons. The molecule has 1 amide bonds. The van der Waals surface area contributed by atoms with E-state index in [1.807, 2.05) is 30.3 Å². The van der Waals surface area contributed by atoms with Crippen molar-refractivity contribution in [3.63, 3.8) is 0 Å². The summed E-state index contributed by atoms with van der Waals surface area (Å²) in [6.45, 7) is 5.38. The minimum absolute atomic E-state index is 0.0469. The van der Waals surface area contributed by atoms with E-state index in [0.717, 1.165) is 59.5 Å². The predicted molar refractivity (Wildman–Crippen MR) is 121 cm³/mol. The number of halogens is 1. The Morgan fingerprint density at radius 1 is 1.20 bits per heavy atom. The summed E-state index contributed by atoms with van der Waals surface area (Å²) in [5, 5.41) is 3.98. The summed E-state index contributed by atoms with van der Waals surface area (Å²) in [5.74, 6) is 1.10. The molecule has 1 aliphatic rings. The van der Waals surface area contributed by atoms with Gasteiger partial charge in [-0.15, -0.1) is 0 Å². The third-order valence-corrected chi connectivity index (χ3v) is 6.56. The lowest BCUT2D eigenvalue weighted by atomic mass is 9.95. The van der Waals surface area contributed by atoms with Crippen LogP contribution in [0.1, 0.15) is 34.1 Å². The van der Waals surface area contributed by atoms with Crippen molar-refractivity contribution in [3.8, 4) is 0 Å². The van der Waals surface area contributed by atoms with Gasteiger partial charge in [0.15, 0.2) is 0 Å². The third kappa shape index (κ3) is 4.50. The van der Waals surface area contributed by atoms with Gasteiger partial charge in [-0.1, -0.05) is 43.3 Å². The van der Waals surface area contributed by atoms with Crippen molar-refractivity contribution in [2.24, 2.45) is 0 Å². The van der Waals surface area contributed by atoms with Crippen LogP contribution in [0.25, 0.3) is 10.9 Å². The van der Waals surface area contributed by atoms with Gasteiger partial charge in [-0.25, -0.2) is 4.39 Å². The molecule has 30 heavy (non-hydrogen) atoms. The van der Waals surface area contributed by atoms with Crippen molar-refractivity contribution in [2.45, 2.75) is 25.6 Å². The zero-order chi connectivity index (χ0) is 20.9. The van der Waals surface area contributed by atoms with Gasteiger partial charge in [0.1, 0.15) is 5.82 Å². The van der Waals surface area contributed by atoms with Gasteiger partial charge < -0.3 is 5.32 Å². The summed E-state index contributed by atoms with van der Waals surface area (Å²) in [6, 6.07) is 14.7. The Labute approximate surface area is 180 Å². The monoisotopic (exact) mass is 423 g/mol. The highest BCUT2D eigenvalue weighted by Crippen LogP contribution is 2.28. The van der Waals surface area contributed by atoms with Gasteiger partial charge in [0, 0.05) is 54.2 Å². The Bertz CT molecular complexity index is 1060. The fourth-order valence-electron chi connectivity index (χ4n) is 3.90. The number of aromatic nitrogens is 1. The van der Waals surface area contributed by atoms with Gasteiger partial charge in [-0.05, 0) is 24.2 Å². The molecular weight excluding hydrogens is 397 g/mol. The van der Waals surface area contributed by atoms with Crippen LogP contribution in [0.3, 0.4) is 0 Å². The van der Waals surface area contributed by atoms with Crippen molar-refractivity contribution in [1.82, 2.24) is 15.2 Å². The number of benzene rings is 2. The standard InChI is InChI=1S/C24H26FN3OS/c1-2-28-13-11-22-19(15-28)23(18-8-4-6-10-21(18)27-22)24(29)26-12-14-30-16-17-7-3-5-9-20(17)25/h3-10H,2,11-16H2,1H3,(H,26,29). The molecule has 0 unspecified atom stereocenters. The van der Waals surface area contributed by atoms with Crippen LogP contribution in [0.2, 0.25) is 0 Å². The lowest BCUT2D eigenvalue weighted by Gasteiger charge is -2.29. The molecule has 1 aromatic heterocycles. The van der Waals surface area contributed by atoms with Crippen LogP contribution in [0, 0.1) is 5.82 Å². The number of carbonyl (C=O) groups excluding carboxylic acids is 1. The third-order valence-electron chi connectivity index (χ3n) is 5.55. The lowest BCUT2D eigenvalue weighted by Crippen LogP contribution is -2.34. The number of hydrogen-bond acceptors (Lipinski definition) is 4. The minimum atomic E-state index is -0.176. The summed E-state index contributed by atoms with van der Waals surface area (Å²) < 4.78 is 13.7. The molecule has 0 fully saturated rings. The number of carbonyl (C=O) groups is 1. The van der Waals surface area contributed by atoms with Gasteiger partial charge in [0.05, 0.1) is 11.1 Å². The van der Waals surface area contributed by atoms with Gasteiger partial charge in [0.25, 0.3) is 5.91 Å². The maximum atomic E-state index is 13.7. The molecule has 6 heteroatoms. The fraction of sp³-hybridized carbons (Fsp3) is 0.333. The molecule has 0 saturated carbocycles. The lowest BCUT2D eigenvalue weighted by molar-refractivity contribution is 0.0955. The van der Waals surface area contributed by atoms with E-state index < -0.39 is 0 Å². The largest absolute Gasteiger partial charge is 0.351 e. The molecule has 0 bridgehead atoms. The summed E-state index contributed by atoms with van der Waals surface area (Å²) >= 11 is 1.62. The number of para-hydroxylation sites is 1. The number of hydrogen-bond donors (Lipinski definition) is 1. The Morgan fingerprint density at radius 3 is 2.83 bits per heavy atom. The van der Waals surface area contributed by atoms with E-state index in [4.69, 9.17) is 4.98 Å². The van der Waals surface area contributed by atoms with E-state index in [-0.39, 0.29) is 11.7 Å². The molecule has 0 atom stereocenters. The summed E-state index contributed by atoms with van der Waals surface area (Å²) in [5.41, 5.74) is 4.42. The number of thioether (sulfide) groups is 1. The van der Waals surface area contributed by atoms with Gasteiger partial charge in [-0.3, -0.25) is 14.7 Å². The summed E-state index contributed by atoms with van der Waals surface area (Å²) in [4.78, 5) is 20.4. The zero-order valence-corrected chi connectivity index (χ0v) is 18.0. The molecule has 1 N–H and O–H groups in total. The Kier molecular flexibility index (Phi) is 6.65. The number of nitrogens with one attached hydrogen (secondary N) is 1. The van der Waals surface area contributed by atoms with Crippen LogP contribution < -0.4 is 5.32 Å². The second-order valence-electron chi connectivity index (χ2n) is 7.45. The average Bonchev–Trinajstić information content (AvgIpc) is 2.77. The topological polar surface area (TPSA) is 45.2 Å². The molecule has 4 rings (SSSR count). The number of nitrogens with zero attached hydrogens (tertiary/aromatic N) is 2. The highest BCUT2D eigenvalue weighted by Gasteiger charge is 2.25. The first-order valence-electron chi connectivity index (χ1n) is 10.4. The van der Waals surface area contributed by atoms with Gasteiger partial charge >= 0.3 is 0 Å². The predicted octanol–water partition coefficient (Wildman–Crippen LogP) is 4.42. The molecule has 4 nitrogen and oxygen atoms in total. The second-order valence-corrected chi connectivity index (χ2v) is 8.55. The van der Waals surface area contributed by atoms with Crippen molar-refractivity contribution in [1.29, 1.82) is 0 Å². The van der Waals surface area contributed by atoms with Crippen LogP contribution in [-0.2, 0) is 18.7 Å². The van der Waals surface area contributed by atoms with Crippen LogP contribution in [0.5, 0.6) is 0 Å². The molecule has 156 valence electrons. The first kappa shape index (κ1) is 20.8. The molecule has 1 aliphatic heterocycles. The quantitative estimate of drug-likeness (QED) is 0.572. The average molecular weight is 424 g/mol. The van der Waals surface area contributed by atoms with E-state index in [1.54, 1.807) is 23.9 Å². The fourth-order valence-corrected chi connectivity index (χ4v) is 4.74. The van der Waals surface area contributed by atoms with Crippen LogP contribution >= 0.6 is 11.8 Å². The van der Waals surface area contributed by atoms with Crippen molar-refractivity contribution >= 4 is 28.6 Å². The maximum Gasteiger partial charge on any atom is 0.252 e. The molecular formula is C24H26FN3OS. The van der Waals surface area contributed by atoms with E-state index in [0.29, 0.717) is 17.9 Å². The SMILES string of the molecule is CCN1CCc2nc3ccccc3c(C(=O)NCCSCc3ccccc3F)c2C1. The highest BCUT2D eigenvalue weighted by atomic mass is 32.2. The van der Waals surface area contributed by atoms with E-state index in [9.17, 15) is 9.18 Å². The van der Waals surface area contributed by atoms with E-state index in [2.05, 4.69) is 17.1 Å². The Hall–Kier alpha value is -2.44. The number of fused-ring (bicyclic) bond motifs is 2. The number of amides is 1. The van der Waals surface area contributed by atoms with Gasteiger partial charge in [0.2, 0.25) is 0 Å². The molecule has 2 heterocycles. The molecule has 0 aliphatic carbocycles. The Balaban J connectivity index is 1.46. The first-order chi connectivity index (χ1) is 14.7. The maximum absolute atomic E-state index is 13.7. The molecule has 3 aromatic rings. The van der Waals surface area contributed by atoms with Crippen LogP contribution in [0.15, 0.2) is 48.5 Å². The number of rotatable bonds is 7. The minimum Gasteiger partial charge on any atom is -0.351 e. The highest BCUT2D eigenvalue weighted by molar-refractivity contribution is 7.98. The number of pyridine rings is 1. The normalized spacial score (nSPS) is 13.9. The second kappa shape index (κ2) is 9.58. The van der Waals surface area contributed by atoms with Crippen molar-refractivity contribution in [3.05, 3.63) is 76.7 Å². The molecule has 0 saturated heterocycles. The smallest absolute Gasteiger partial charge is 0.252 e. The van der Waals surface area contributed by atoms with Gasteiger partial charge in [-0.2, -0.15) is 11.8 Å². The molecule has 2 aromatic carbocycles.